The molecule has 0 aliphatic carbocycles. The Balaban J connectivity index is 1.70. The fraction of sp³-hybridized carbons (Fsp3) is 0.0500. The van der Waals surface area contributed by atoms with Crippen molar-refractivity contribution in [3.8, 4) is 11.8 Å². The number of nitrogens with zero attached hydrogens (tertiary/aromatic N) is 2. The van der Waals surface area contributed by atoms with Crippen LogP contribution in [-0.4, -0.2) is 16.0 Å². The molecule has 0 fully saturated rings. The number of phenolic OH excluding ortho intramolecular Hbond substituents is 1. The van der Waals surface area contributed by atoms with Crippen molar-refractivity contribution in [2.45, 2.75) is 6.42 Å². The molecule has 1 aromatic heterocycles. The van der Waals surface area contributed by atoms with Gasteiger partial charge in [-0.25, -0.2) is 4.98 Å². The van der Waals surface area contributed by atoms with Gasteiger partial charge in [0, 0.05) is 22.5 Å². The lowest BCUT2D eigenvalue weighted by Gasteiger charge is -2.01. The Labute approximate surface area is 165 Å². The minimum atomic E-state index is -0.538. The molecule has 0 saturated heterocycles. The highest BCUT2D eigenvalue weighted by Gasteiger charge is 2.12. The highest BCUT2D eigenvalue weighted by molar-refractivity contribution is 7.15. The molecule has 0 unspecified atom stereocenters. The van der Waals surface area contributed by atoms with Crippen LogP contribution in [0.4, 0.5) is 5.13 Å². The molecule has 1 amide bonds. The van der Waals surface area contributed by atoms with Gasteiger partial charge >= 0.3 is 0 Å². The standard InChI is InChI=1S/C20H14ClN3O2S/c21-18-4-2-1-3-14(18)10-17-12-23-20(27-17)24-19(26)15(11-22)9-13-5-7-16(25)8-6-13/h1-9,12,25H,10H2,(H,23,24,26)/b15-9+. The van der Waals surface area contributed by atoms with E-state index in [2.05, 4.69) is 10.3 Å². The van der Waals surface area contributed by atoms with E-state index in [9.17, 15) is 15.2 Å². The Kier molecular flexibility index (Phi) is 5.87. The third kappa shape index (κ3) is 4.94. The quantitative estimate of drug-likeness (QED) is 0.486. The molecule has 0 aliphatic rings. The van der Waals surface area contributed by atoms with Crippen LogP contribution < -0.4 is 5.32 Å². The Morgan fingerprint density at radius 1 is 1.26 bits per heavy atom. The maximum atomic E-state index is 12.3. The second-order valence-electron chi connectivity index (χ2n) is 5.62. The SMILES string of the molecule is N#C/C(=C\c1ccc(O)cc1)C(=O)Nc1ncc(Cc2ccccc2Cl)s1. The molecule has 0 spiro atoms. The first kappa shape index (κ1) is 18.6. The molecule has 0 atom stereocenters. The van der Waals surface area contributed by atoms with Crippen LogP contribution in [-0.2, 0) is 11.2 Å². The van der Waals surface area contributed by atoms with Crippen molar-refractivity contribution in [2.24, 2.45) is 0 Å². The van der Waals surface area contributed by atoms with Gasteiger partial charge in [-0.15, -0.1) is 11.3 Å². The van der Waals surface area contributed by atoms with Crippen LogP contribution in [0.5, 0.6) is 5.75 Å². The van der Waals surface area contributed by atoms with Crippen LogP contribution in [0.2, 0.25) is 5.02 Å². The van der Waals surface area contributed by atoms with Crippen LogP contribution in [0.25, 0.3) is 6.08 Å². The number of nitrogens with one attached hydrogen (secondary N) is 1. The molecule has 134 valence electrons. The fourth-order valence-corrected chi connectivity index (χ4v) is 3.36. The number of nitriles is 1. The van der Waals surface area contributed by atoms with E-state index in [1.54, 1.807) is 18.3 Å². The minimum Gasteiger partial charge on any atom is -0.508 e. The molecule has 0 bridgehead atoms. The Bertz CT molecular complexity index is 1040. The van der Waals surface area contributed by atoms with Gasteiger partial charge in [-0.3, -0.25) is 10.1 Å². The van der Waals surface area contributed by atoms with Crippen LogP contribution in [0.15, 0.2) is 60.3 Å². The second kappa shape index (κ2) is 8.49. The number of thiazole rings is 1. The number of hydrogen-bond acceptors (Lipinski definition) is 5. The van der Waals surface area contributed by atoms with Gasteiger partial charge < -0.3 is 5.11 Å². The number of rotatable bonds is 5. The molecular weight excluding hydrogens is 382 g/mol. The molecule has 0 radical (unpaired) electrons. The van der Waals surface area contributed by atoms with E-state index in [-0.39, 0.29) is 11.3 Å². The van der Waals surface area contributed by atoms with Crippen LogP contribution in [0.3, 0.4) is 0 Å². The van der Waals surface area contributed by atoms with Gasteiger partial charge in [-0.05, 0) is 35.4 Å². The van der Waals surface area contributed by atoms with E-state index < -0.39 is 5.91 Å². The Hall–Kier alpha value is -3.14. The van der Waals surface area contributed by atoms with E-state index in [1.807, 2.05) is 30.3 Å². The summed E-state index contributed by atoms with van der Waals surface area (Å²) in [6.07, 6.45) is 3.74. The first-order valence-electron chi connectivity index (χ1n) is 7.95. The van der Waals surface area contributed by atoms with Gasteiger partial charge in [0.05, 0.1) is 0 Å². The monoisotopic (exact) mass is 395 g/mol. The minimum absolute atomic E-state index is 0.0523. The third-order valence-corrected chi connectivity index (χ3v) is 4.95. The van der Waals surface area contributed by atoms with Gasteiger partial charge in [0.15, 0.2) is 5.13 Å². The van der Waals surface area contributed by atoms with Crippen molar-refractivity contribution in [2.75, 3.05) is 5.32 Å². The average molecular weight is 396 g/mol. The zero-order valence-corrected chi connectivity index (χ0v) is 15.6. The Morgan fingerprint density at radius 2 is 2.00 bits per heavy atom. The van der Waals surface area contributed by atoms with Crippen LogP contribution >= 0.6 is 22.9 Å². The van der Waals surface area contributed by atoms with Crippen molar-refractivity contribution in [3.63, 3.8) is 0 Å². The number of halogens is 1. The first-order chi connectivity index (χ1) is 13.0. The van der Waals surface area contributed by atoms with Crippen LogP contribution in [0, 0.1) is 11.3 Å². The summed E-state index contributed by atoms with van der Waals surface area (Å²) in [4.78, 5) is 17.5. The van der Waals surface area contributed by atoms with Gasteiger partial charge in [-0.2, -0.15) is 5.26 Å². The lowest BCUT2D eigenvalue weighted by molar-refractivity contribution is -0.112. The van der Waals surface area contributed by atoms with Crippen molar-refractivity contribution in [3.05, 3.63) is 81.3 Å². The predicted molar refractivity (Wildman–Crippen MR) is 107 cm³/mol. The third-order valence-electron chi connectivity index (χ3n) is 3.67. The second-order valence-corrected chi connectivity index (χ2v) is 7.14. The lowest BCUT2D eigenvalue weighted by atomic mass is 10.1. The van der Waals surface area contributed by atoms with Gasteiger partial charge in [-0.1, -0.05) is 41.9 Å². The number of benzene rings is 2. The number of carbonyl (C=O) groups is 1. The highest BCUT2D eigenvalue weighted by Crippen LogP contribution is 2.25. The molecule has 1 heterocycles. The zero-order valence-electron chi connectivity index (χ0n) is 14.0. The number of carbonyl (C=O) groups excluding carboxylic acids is 1. The zero-order chi connectivity index (χ0) is 19.2. The topological polar surface area (TPSA) is 86.0 Å². The number of aromatic nitrogens is 1. The molecule has 5 nitrogen and oxygen atoms in total. The maximum Gasteiger partial charge on any atom is 0.268 e. The van der Waals surface area contributed by atoms with Crippen molar-refractivity contribution in [1.29, 1.82) is 5.26 Å². The summed E-state index contributed by atoms with van der Waals surface area (Å²) in [5, 5.41) is 22.3. The highest BCUT2D eigenvalue weighted by atomic mass is 35.5. The van der Waals surface area contributed by atoms with E-state index in [4.69, 9.17) is 11.6 Å². The van der Waals surface area contributed by atoms with E-state index in [1.165, 1.54) is 29.5 Å². The molecule has 2 aromatic carbocycles. The summed E-state index contributed by atoms with van der Waals surface area (Å²) >= 11 is 7.50. The summed E-state index contributed by atoms with van der Waals surface area (Å²) in [6.45, 7) is 0. The predicted octanol–water partition coefficient (Wildman–Crippen LogP) is 4.64. The molecule has 3 aromatic rings. The maximum absolute atomic E-state index is 12.3. The summed E-state index contributed by atoms with van der Waals surface area (Å²) in [5.41, 5.74) is 1.56. The molecule has 2 N–H and O–H groups in total. The Morgan fingerprint density at radius 3 is 2.70 bits per heavy atom. The number of amides is 1. The van der Waals surface area contributed by atoms with E-state index in [0.717, 1.165) is 10.4 Å². The summed E-state index contributed by atoms with van der Waals surface area (Å²) in [7, 11) is 0. The number of hydrogen-bond donors (Lipinski definition) is 2. The van der Waals surface area contributed by atoms with Gasteiger partial charge in [0.1, 0.15) is 17.4 Å². The average Bonchev–Trinajstić information content (AvgIpc) is 3.10. The van der Waals surface area contributed by atoms with Crippen molar-refractivity contribution < 1.29 is 9.90 Å². The van der Waals surface area contributed by atoms with E-state index in [0.29, 0.717) is 22.1 Å². The summed E-state index contributed by atoms with van der Waals surface area (Å²) in [6, 6.07) is 15.6. The number of anilines is 1. The summed E-state index contributed by atoms with van der Waals surface area (Å²) < 4.78 is 0. The lowest BCUT2D eigenvalue weighted by Crippen LogP contribution is -2.13. The van der Waals surface area contributed by atoms with Gasteiger partial charge in [0.2, 0.25) is 0 Å². The molecular formula is C20H14ClN3O2S. The van der Waals surface area contributed by atoms with Crippen molar-refractivity contribution >= 4 is 40.1 Å². The molecule has 27 heavy (non-hydrogen) atoms. The number of phenols is 1. The smallest absolute Gasteiger partial charge is 0.268 e. The summed E-state index contributed by atoms with van der Waals surface area (Å²) in [5.74, 6) is -0.423. The van der Waals surface area contributed by atoms with Gasteiger partial charge in [0.25, 0.3) is 5.91 Å². The van der Waals surface area contributed by atoms with Crippen LogP contribution in [0.1, 0.15) is 16.0 Å². The molecule has 0 aliphatic heterocycles. The normalized spacial score (nSPS) is 11.0. The largest absolute Gasteiger partial charge is 0.508 e. The molecule has 0 saturated carbocycles. The molecule has 7 heteroatoms. The van der Waals surface area contributed by atoms with Crippen molar-refractivity contribution in [1.82, 2.24) is 4.98 Å². The molecule has 3 rings (SSSR count). The van der Waals surface area contributed by atoms with E-state index >= 15 is 0 Å². The first-order valence-corrected chi connectivity index (χ1v) is 9.15. The fourth-order valence-electron chi connectivity index (χ4n) is 2.33. The number of aromatic hydroxyl groups is 1.